The molecule has 2 heterocycles. The van der Waals surface area contributed by atoms with E-state index in [0.29, 0.717) is 0 Å². The van der Waals surface area contributed by atoms with Gasteiger partial charge in [0.15, 0.2) is 0 Å². The van der Waals surface area contributed by atoms with Crippen LogP contribution in [0.1, 0.15) is 0 Å². The molecule has 0 N–H and O–H groups in total. The first-order valence-corrected chi connectivity index (χ1v) is 23.6. The minimum atomic E-state index is 0.900. The van der Waals surface area contributed by atoms with Crippen molar-refractivity contribution in [2.24, 2.45) is 0 Å². The highest BCUT2D eigenvalue weighted by atomic mass is 16.3. The Bertz CT molecular complexity index is 3940. The lowest BCUT2D eigenvalue weighted by molar-refractivity contribution is 0.670. The first kappa shape index (κ1) is 40.1. The zero-order chi connectivity index (χ0) is 45.7. The van der Waals surface area contributed by atoms with Gasteiger partial charge in [-0.2, -0.15) is 0 Å². The van der Waals surface area contributed by atoms with Gasteiger partial charge in [0.1, 0.15) is 11.2 Å². The molecule has 0 unspecified atom stereocenters. The Balaban J connectivity index is 0.869. The van der Waals surface area contributed by atoms with E-state index in [-0.39, 0.29) is 0 Å². The summed E-state index contributed by atoms with van der Waals surface area (Å²) < 4.78 is 8.87. The normalized spacial score (nSPS) is 11.5. The van der Waals surface area contributed by atoms with Gasteiger partial charge in [-0.05, 0) is 105 Å². The molecule has 0 atom stereocenters. The summed E-state index contributed by atoms with van der Waals surface area (Å²) in [5.74, 6) is 0. The molecule has 0 aliphatic carbocycles. The molecule has 0 spiro atoms. The number of nitrogens with zero attached hydrogens (tertiary/aromatic N) is 2. The van der Waals surface area contributed by atoms with Gasteiger partial charge in [0.25, 0.3) is 0 Å². The third-order valence-electron chi connectivity index (χ3n) is 13.6. The van der Waals surface area contributed by atoms with E-state index in [0.717, 1.165) is 66.8 Å². The smallest absolute Gasteiger partial charge is 0.143 e. The van der Waals surface area contributed by atoms with Gasteiger partial charge in [0.05, 0.1) is 16.7 Å². The van der Waals surface area contributed by atoms with Gasteiger partial charge in [-0.25, -0.2) is 0 Å². The van der Waals surface area contributed by atoms with E-state index in [1.807, 2.05) is 12.1 Å². The molecule has 0 bridgehead atoms. The maximum Gasteiger partial charge on any atom is 0.143 e. The summed E-state index contributed by atoms with van der Waals surface area (Å²) in [5.41, 5.74) is 20.2. The zero-order valence-electron chi connectivity index (χ0n) is 37.7. The van der Waals surface area contributed by atoms with Gasteiger partial charge in [0.2, 0.25) is 0 Å². The van der Waals surface area contributed by atoms with Gasteiger partial charge >= 0.3 is 0 Å². The quantitative estimate of drug-likeness (QED) is 0.144. The summed E-state index contributed by atoms with van der Waals surface area (Å²) in [6.07, 6.45) is 0. The molecule has 69 heavy (non-hydrogen) atoms. The number of anilines is 3. The van der Waals surface area contributed by atoms with E-state index in [9.17, 15) is 0 Å². The predicted molar refractivity (Wildman–Crippen MR) is 290 cm³/mol. The lowest BCUT2D eigenvalue weighted by atomic mass is 9.94. The lowest BCUT2D eigenvalue weighted by Gasteiger charge is -2.26. The third-order valence-corrected chi connectivity index (χ3v) is 13.6. The van der Waals surface area contributed by atoms with Crippen LogP contribution in [0, 0.1) is 0 Å². The van der Waals surface area contributed by atoms with Crippen LogP contribution in [0.15, 0.2) is 271 Å². The summed E-state index contributed by atoms with van der Waals surface area (Å²) in [4.78, 5) is 2.36. The van der Waals surface area contributed by atoms with E-state index in [1.165, 1.54) is 55.3 Å². The molecule has 2 aromatic heterocycles. The van der Waals surface area contributed by atoms with E-state index in [4.69, 9.17) is 4.42 Å². The van der Waals surface area contributed by atoms with Crippen molar-refractivity contribution in [3.8, 4) is 61.3 Å². The van der Waals surface area contributed by atoms with Crippen LogP contribution in [0.4, 0.5) is 17.1 Å². The van der Waals surface area contributed by atoms with Crippen molar-refractivity contribution in [2.75, 3.05) is 4.90 Å². The van der Waals surface area contributed by atoms with Gasteiger partial charge in [-0.3, -0.25) is 0 Å². The fourth-order valence-corrected chi connectivity index (χ4v) is 10.4. The molecular formula is C66H44N2O. The van der Waals surface area contributed by atoms with Crippen molar-refractivity contribution < 1.29 is 4.42 Å². The van der Waals surface area contributed by atoms with E-state index in [2.05, 4.69) is 264 Å². The second-order valence-electron chi connectivity index (χ2n) is 17.6. The maximum absolute atomic E-state index is 6.46. The van der Waals surface area contributed by atoms with Crippen LogP contribution in [-0.4, -0.2) is 4.57 Å². The third kappa shape index (κ3) is 7.08. The molecule has 11 aromatic carbocycles. The van der Waals surface area contributed by atoms with Crippen LogP contribution in [0.3, 0.4) is 0 Å². The number of fused-ring (bicyclic) bond motifs is 6. The number of furan rings is 1. The topological polar surface area (TPSA) is 21.3 Å². The number of hydrogen-bond donors (Lipinski definition) is 0. The highest BCUT2D eigenvalue weighted by Crippen LogP contribution is 2.42. The molecule has 0 saturated heterocycles. The average Bonchev–Trinajstić information content (AvgIpc) is 3.98. The Morgan fingerprint density at radius 2 is 0.725 bits per heavy atom. The zero-order valence-corrected chi connectivity index (χ0v) is 37.7. The fourth-order valence-electron chi connectivity index (χ4n) is 10.4. The highest BCUT2D eigenvalue weighted by Gasteiger charge is 2.19. The average molecular weight is 881 g/mol. The summed E-state index contributed by atoms with van der Waals surface area (Å²) in [6, 6.07) is 96.0. The summed E-state index contributed by atoms with van der Waals surface area (Å²) in [7, 11) is 0. The summed E-state index contributed by atoms with van der Waals surface area (Å²) in [5, 5.41) is 4.77. The monoisotopic (exact) mass is 880 g/mol. The largest absolute Gasteiger partial charge is 0.455 e. The molecule has 0 amide bonds. The Hall–Kier alpha value is -9.18. The molecule has 0 fully saturated rings. The standard InChI is InChI=1S/C66H44N2O/c1-2-16-47(17-3-1)54-20-4-5-21-55(54)50-18-14-19-53(44-50)67(52-42-38-49(39-43-52)57-26-15-27-61-60-25-9-13-31-65(60)69-66(57)61)51-40-36-46(37-41-51)45-32-34-48(35-33-45)56-22-6-10-28-62(56)68-63-29-11-7-23-58(63)59-24-8-12-30-64(59)68/h1-44H. The van der Waals surface area contributed by atoms with Crippen LogP contribution in [0.2, 0.25) is 0 Å². The van der Waals surface area contributed by atoms with Gasteiger partial charge < -0.3 is 13.9 Å². The van der Waals surface area contributed by atoms with Crippen molar-refractivity contribution in [1.29, 1.82) is 0 Å². The SMILES string of the molecule is c1ccc(-c2ccccc2-c2cccc(N(c3ccc(-c4ccc(-c5ccccc5-n5c6ccccc6c6ccccc65)cc4)cc3)c3ccc(-c4cccc5c4oc4ccccc45)cc3)c2)cc1. The van der Waals surface area contributed by atoms with Crippen LogP contribution in [0.25, 0.3) is 105 Å². The number of aromatic nitrogens is 1. The van der Waals surface area contributed by atoms with Crippen molar-refractivity contribution in [3.63, 3.8) is 0 Å². The minimum Gasteiger partial charge on any atom is -0.455 e. The van der Waals surface area contributed by atoms with Crippen LogP contribution >= 0.6 is 0 Å². The Morgan fingerprint density at radius 3 is 1.42 bits per heavy atom. The molecule has 324 valence electrons. The van der Waals surface area contributed by atoms with E-state index in [1.54, 1.807) is 0 Å². The Labute approximate surface area is 401 Å². The van der Waals surface area contributed by atoms with Gasteiger partial charge in [-0.1, -0.05) is 206 Å². The molecule has 0 saturated carbocycles. The Morgan fingerprint density at radius 1 is 0.275 bits per heavy atom. The molecular weight excluding hydrogens is 837 g/mol. The second-order valence-corrected chi connectivity index (χ2v) is 17.6. The molecule has 0 radical (unpaired) electrons. The molecule has 13 rings (SSSR count). The van der Waals surface area contributed by atoms with E-state index >= 15 is 0 Å². The molecule has 0 aliphatic rings. The maximum atomic E-state index is 6.46. The van der Waals surface area contributed by atoms with Crippen LogP contribution in [-0.2, 0) is 0 Å². The molecule has 3 nitrogen and oxygen atoms in total. The van der Waals surface area contributed by atoms with Gasteiger partial charge in [0, 0.05) is 49.7 Å². The Kier molecular flexibility index (Phi) is 9.84. The number of rotatable bonds is 9. The molecule has 13 aromatic rings. The summed E-state index contributed by atoms with van der Waals surface area (Å²) >= 11 is 0. The number of hydrogen-bond acceptors (Lipinski definition) is 2. The second kappa shape index (κ2) is 16.9. The van der Waals surface area contributed by atoms with Crippen molar-refractivity contribution >= 4 is 60.8 Å². The van der Waals surface area contributed by atoms with E-state index < -0.39 is 0 Å². The highest BCUT2D eigenvalue weighted by molar-refractivity contribution is 6.11. The lowest BCUT2D eigenvalue weighted by Crippen LogP contribution is -2.10. The van der Waals surface area contributed by atoms with Crippen molar-refractivity contribution in [3.05, 3.63) is 267 Å². The first-order valence-electron chi connectivity index (χ1n) is 23.6. The number of para-hydroxylation sites is 5. The van der Waals surface area contributed by atoms with Crippen LogP contribution < -0.4 is 4.90 Å². The minimum absolute atomic E-state index is 0.900. The van der Waals surface area contributed by atoms with Crippen molar-refractivity contribution in [1.82, 2.24) is 4.57 Å². The molecule has 0 aliphatic heterocycles. The first-order chi connectivity index (χ1) is 34.2. The van der Waals surface area contributed by atoms with Crippen LogP contribution in [0.5, 0.6) is 0 Å². The fraction of sp³-hybridized carbons (Fsp3) is 0. The summed E-state index contributed by atoms with van der Waals surface area (Å²) in [6.45, 7) is 0. The molecule has 3 heteroatoms. The number of benzene rings is 11. The van der Waals surface area contributed by atoms with Gasteiger partial charge in [-0.15, -0.1) is 0 Å². The van der Waals surface area contributed by atoms with Crippen molar-refractivity contribution in [2.45, 2.75) is 0 Å². The predicted octanol–water partition coefficient (Wildman–Crippen LogP) is 18.5.